The highest BCUT2D eigenvalue weighted by molar-refractivity contribution is 5.77. The quantitative estimate of drug-likeness (QED) is 0.868. The summed E-state index contributed by atoms with van der Waals surface area (Å²) in [5.74, 6) is 1.66. The number of aromatic nitrogens is 2. The van der Waals surface area contributed by atoms with Crippen LogP contribution in [0.1, 0.15) is 18.6 Å². The van der Waals surface area contributed by atoms with E-state index in [0.717, 1.165) is 18.9 Å². The van der Waals surface area contributed by atoms with Crippen LogP contribution < -0.4 is 15.0 Å². The van der Waals surface area contributed by atoms with E-state index in [2.05, 4.69) is 20.4 Å². The molecule has 1 amide bonds. The third-order valence-electron chi connectivity index (χ3n) is 3.45. The fourth-order valence-electron chi connectivity index (χ4n) is 2.29. The van der Waals surface area contributed by atoms with Gasteiger partial charge in [0.15, 0.2) is 12.4 Å². The van der Waals surface area contributed by atoms with Crippen molar-refractivity contribution in [2.75, 3.05) is 24.6 Å². The highest BCUT2D eigenvalue weighted by atomic mass is 16.5. The maximum atomic E-state index is 11.7. The second kappa shape index (κ2) is 6.93. The van der Waals surface area contributed by atoms with Crippen molar-refractivity contribution in [2.24, 2.45) is 0 Å². The summed E-state index contributed by atoms with van der Waals surface area (Å²) < 4.78 is 10.4. The summed E-state index contributed by atoms with van der Waals surface area (Å²) in [4.78, 5) is 13.8. The van der Waals surface area contributed by atoms with Gasteiger partial charge in [0.25, 0.3) is 5.91 Å². The third-order valence-corrected chi connectivity index (χ3v) is 3.45. The van der Waals surface area contributed by atoms with Gasteiger partial charge < -0.3 is 19.4 Å². The smallest absolute Gasteiger partial charge is 0.258 e. The van der Waals surface area contributed by atoms with E-state index in [1.54, 1.807) is 24.5 Å². The summed E-state index contributed by atoms with van der Waals surface area (Å²) in [6.45, 7) is 2.28. The lowest BCUT2D eigenvalue weighted by atomic mass is 10.4. The summed E-state index contributed by atoms with van der Waals surface area (Å²) in [6.07, 6.45) is 3.95. The Bertz CT molecular complexity index is 592. The number of hydrogen-bond donors (Lipinski definition) is 1. The maximum absolute atomic E-state index is 11.7. The molecule has 1 aliphatic rings. The van der Waals surface area contributed by atoms with Gasteiger partial charge in [0.05, 0.1) is 12.8 Å². The fraction of sp³-hybridized carbons (Fsp3) is 0.400. The molecular weight excluding hydrogens is 284 g/mol. The lowest BCUT2D eigenvalue weighted by molar-refractivity contribution is -0.123. The van der Waals surface area contributed by atoms with Crippen molar-refractivity contribution >= 4 is 11.7 Å². The molecule has 7 nitrogen and oxygen atoms in total. The first kappa shape index (κ1) is 14.4. The second-order valence-electron chi connectivity index (χ2n) is 5.07. The normalized spacial score (nSPS) is 14.1. The van der Waals surface area contributed by atoms with E-state index in [9.17, 15) is 4.79 Å². The molecule has 3 heterocycles. The van der Waals surface area contributed by atoms with Gasteiger partial charge in [-0.05, 0) is 31.0 Å². The van der Waals surface area contributed by atoms with Crippen LogP contribution in [0.15, 0.2) is 34.9 Å². The zero-order chi connectivity index (χ0) is 15.2. The molecule has 0 bridgehead atoms. The summed E-state index contributed by atoms with van der Waals surface area (Å²) in [7, 11) is 0. The van der Waals surface area contributed by atoms with Gasteiger partial charge in [-0.15, -0.1) is 10.2 Å². The molecule has 116 valence electrons. The molecule has 0 aromatic carbocycles. The molecular formula is C15H18N4O3. The molecule has 1 fully saturated rings. The van der Waals surface area contributed by atoms with Crippen LogP contribution in [0.4, 0.5) is 5.82 Å². The lowest BCUT2D eigenvalue weighted by Gasteiger charge is -2.15. The Balaban J connectivity index is 1.43. The molecule has 0 atom stereocenters. The van der Waals surface area contributed by atoms with Crippen LogP contribution in [0, 0.1) is 0 Å². The van der Waals surface area contributed by atoms with Crippen molar-refractivity contribution in [2.45, 2.75) is 19.4 Å². The average Bonchev–Trinajstić information content (AvgIpc) is 3.24. The topological polar surface area (TPSA) is 80.5 Å². The van der Waals surface area contributed by atoms with E-state index in [0.29, 0.717) is 18.2 Å². The molecule has 1 N–H and O–H groups in total. The monoisotopic (exact) mass is 302 g/mol. The van der Waals surface area contributed by atoms with Crippen molar-refractivity contribution in [1.29, 1.82) is 0 Å². The van der Waals surface area contributed by atoms with Crippen LogP contribution in [0.5, 0.6) is 5.88 Å². The minimum Gasteiger partial charge on any atom is -0.467 e. The number of nitrogens with zero attached hydrogens (tertiary/aromatic N) is 3. The van der Waals surface area contributed by atoms with Gasteiger partial charge in [0, 0.05) is 19.2 Å². The van der Waals surface area contributed by atoms with E-state index in [1.165, 1.54) is 12.8 Å². The van der Waals surface area contributed by atoms with Crippen molar-refractivity contribution in [3.8, 4) is 5.88 Å². The Kier molecular flexibility index (Phi) is 4.53. The van der Waals surface area contributed by atoms with Crippen LogP contribution >= 0.6 is 0 Å². The van der Waals surface area contributed by atoms with Gasteiger partial charge in [-0.1, -0.05) is 0 Å². The van der Waals surface area contributed by atoms with Crippen LogP contribution in [0.25, 0.3) is 0 Å². The summed E-state index contributed by atoms with van der Waals surface area (Å²) in [6, 6.07) is 7.17. The van der Waals surface area contributed by atoms with Crippen molar-refractivity contribution in [3.05, 3.63) is 36.3 Å². The molecule has 3 rings (SSSR count). The van der Waals surface area contributed by atoms with Gasteiger partial charge in [0.1, 0.15) is 5.76 Å². The van der Waals surface area contributed by atoms with Gasteiger partial charge >= 0.3 is 0 Å². The Morgan fingerprint density at radius 2 is 2.14 bits per heavy atom. The van der Waals surface area contributed by atoms with Crippen molar-refractivity contribution in [1.82, 2.24) is 15.5 Å². The van der Waals surface area contributed by atoms with Gasteiger partial charge in [0.2, 0.25) is 5.88 Å². The summed E-state index contributed by atoms with van der Waals surface area (Å²) in [5, 5.41) is 10.8. The minimum atomic E-state index is -0.234. The molecule has 1 saturated heterocycles. The molecule has 22 heavy (non-hydrogen) atoms. The highest BCUT2D eigenvalue weighted by Crippen LogP contribution is 2.18. The van der Waals surface area contributed by atoms with E-state index in [1.807, 2.05) is 6.07 Å². The zero-order valence-electron chi connectivity index (χ0n) is 12.2. The molecule has 0 saturated carbocycles. The Labute approximate surface area is 128 Å². The standard InChI is InChI=1S/C15H18N4O3/c20-14(16-10-12-4-3-9-21-12)11-22-15-6-5-13(17-18-15)19-7-1-2-8-19/h3-6,9H,1-2,7-8,10-11H2,(H,16,20). The first-order valence-corrected chi connectivity index (χ1v) is 7.32. The molecule has 0 unspecified atom stereocenters. The maximum Gasteiger partial charge on any atom is 0.258 e. The highest BCUT2D eigenvalue weighted by Gasteiger charge is 2.14. The van der Waals surface area contributed by atoms with Crippen LogP contribution in [0.2, 0.25) is 0 Å². The predicted molar refractivity (Wildman–Crippen MR) is 79.5 cm³/mol. The second-order valence-corrected chi connectivity index (χ2v) is 5.07. The number of amides is 1. The molecule has 2 aromatic heterocycles. The first-order chi connectivity index (χ1) is 10.8. The van der Waals surface area contributed by atoms with Crippen LogP contribution in [-0.4, -0.2) is 35.8 Å². The molecule has 2 aromatic rings. The molecule has 1 aliphatic heterocycles. The Hall–Kier alpha value is -2.57. The summed E-state index contributed by atoms with van der Waals surface area (Å²) in [5.41, 5.74) is 0. The minimum absolute atomic E-state index is 0.0988. The number of anilines is 1. The number of rotatable bonds is 6. The predicted octanol–water partition coefficient (Wildman–Crippen LogP) is 1.36. The number of hydrogen-bond acceptors (Lipinski definition) is 6. The largest absolute Gasteiger partial charge is 0.467 e. The Morgan fingerprint density at radius 1 is 1.27 bits per heavy atom. The van der Waals surface area contributed by atoms with Crippen molar-refractivity contribution in [3.63, 3.8) is 0 Å². The van der Waals surface area contributed by atoms with E-state index < -0.39 is 0 Å². The van der Waals surface area contributed by atoms with E-state index >= 15 is 0 Å². The number of ether oxygens (including phenoxy) is 1. The number of nitrogens with one attached hydrogen (secondary N) is 1. The Morgan fingerprint density at radius 3 is 2.82 bits per heavy atom. The van der Waals surface area contributed by atoms with E-state index in [4.69, 9.17) is 9.15 Å². The van der Waals surface area contributed by atoms with Crippen molar-refractivity contribution < 1.29 is 13.9 Å². The molecule has 7 heteroatoms. The van der Waals surface area contributed by atoms with Crippen LogP contribution in [-0.2, 0) is 11.3 Å². The fourth-order valence-corrected chi connectivity index (χ4v) is 2.29. The molecule has 0 spiro atoms. The molecule has 0 radical (unpaired) electrons. The summed E-state index contributed by atoms with van der Waals surface area (Å²) >= 11 is 0. The number of carbonyl (C=O) groups excluding carboxylic acids is 1. The zero-order valence-corrected chi connectivity index (χ0v) is 12.2. The third kappa shape index (κ3) is 3.75. The SMILES string of the molecule is O=C(COc1ccc(N2CCCC2)nn1)NCc1ccco1. The number of carbonyl (C=O) groups is 1. The average molecular weight is 302 g/mol. The van der Waals surface area contributed by atoms with Gasteiger partial charge in [-0.25, -0.2) is 0 Å². The first-order valence-electron chi connectivity index (χ1n) is 7.32. The number of furan rings is 1. The lowest BCUT2D eigenvalue weighted by Crippen LogP contribution is -2.28. The van der Waals surface area contributed by atoms with Gasteiger partial charge in [-0.2, -0.15) is 0 Å². The molecule has 0 aliphatic carbocycles. The van der Waals surface area contributed by atoms with Gasteiger partial charge in [-0.3, -0.25) is 4.79 Å². The van der Waals surface area contributed by atoms with E-state index in [-0.39, 0.29) is 12.5 Å². The van der Waals surface area contributed by atoms with Crippen LogP contribution in [0.3, 0.4) is 0 Å².